The molecule has 0 aliphatic heterocycles. The van der Waals surface area contributed by atoms with Crippen molar-refractivity contribution in [2.45, 2.75) is 26.0 Å². The Morgan fingerprint density at radius 3 is 2.77 bits per heavy atom. The average Bonchev–Trinajstić information content (AvgIpc) is 3.31. The minimum absolute atomic E-state index is 0.107. The van der Waals surface area contributed by atoms with Crippen molar-refractivity contribution in [1.82, 2.24) is 25.4 Å². The van der Waals surface area contributed by atoms with Gasteiger partial charge in [-0.1, -0.05) is 35.5 Å². The van der Waals surface area contributed by atoms with E-state index in [1.807, 2.05) is 48.5 Å². The number of hydrogen-bond donors (Lipinski definition) is 1. The molecule has 0 spiro atoms. The van der Waals surface area contributed by atoms with Gasteiger partial charge in [-0.05, 0) is 29.3 Å². The second kappa shape index (κ2) is 10.1. The minimum atomic E-state index is -0.107. The summed E-state index contributed by atoms with van der Waals surface area (Å²) in [7, 11) is 0. The largest absolute Gasteiger partial charge is 0.473 e. The van der Waals surface area contributed by atoms with Crippen LogP contribution in [0.2, 0.25) is 0 Å². The number of rotatable bonds is 9. The van der Waals surface area contributed by atoms with Crippen molar-refractivity contribution in [2.24, 2.45) is 0 Å². The first-order chi connectivity index (χ1) is 15.3. The van der Waals surface area contributed by atoms with E-state index in [9.17, 15) is 4.79 Å². The second-order valence-electron chi connectivity index (χ2n) is 6.81. The molecule has 0 aliphatic rings. The van der Waals surface area contributed by atoms with Crippen LogP contribution in [0.3, 0.4) is 0 Å². The van der Waals surface area contributed by atoms with Gasteiger partial charge in [0.25, 0.3) is 0 Å². The molecule has 8 heteroatoms. The molecule has 1 N–H and O–H groups in total. The van der Waals surface area contributed by atoms with Gasteiger partial charge in [0.2, 0.25) is 23.5 Å². The maximum absolute atomic E-state index is 12.2. The van der Waals surface area contributed by atoms with Gasteiger partial charge in [-0.25, -0.2) is 4.98 Å². The van der Waals surface area contributed by atoms with Crippen molar-refractivity contribution in [3.63, 3.8) is 0 Å². The van der Waals surface area contributed by atoms with Gasteiger partial charge in [0.15, 0.2) is 0 Å². The van der Waals surface area contributed by atoms with Crippen LogP contribution in [0.15, 0.2) is 77.7 Å². The van der Waals surface area contributed by atoms with Gasteiger partial charge in [-0.15, -0.1) is 0 Å². The number of aromatic nitrogens is 4. The molecule has 4 rings (SSSR count). The van der Waals surface area contributed by atoms with Crippen LogP contribution in [0.1, 0.15) is 23.4 Å². The number of nitrogens with one attached hydrogen (secondary N) is 1. The van der Waals surface area contributed by atoms with Crippen molar-refractivity contribution in [1.29, 1.82) is 0 Å². The number of pyridine rings is 2. The Morgan fingerprint density at radius 1 is 1.03 bits per heavy atom. The van der Waals surface area contributed by atoms with Crippen LogP contribution < -0.4 is 10.1 Å². The van der Waals surface area contributed by atoms with Crippen LogP contribution in [-0.4, -0.2) is 26.0 Å². The van der Waals surface area contributed by atoms with E-state index in [2.05, 4.69) is 25.4 Å². The zero-order valence-corrected chi connectivity index (χ0v) is 16.8. The highest BCUT2D eigenvalue weighted by atomic mass is 16.5. The molecule has 0 saturated heterocycles. The molecule has 0 unspecified atom stereocenters. The number of hydrogen-bond acceptors (Lipinski definition) is 7. The van der Waals surface area contributed by atoms with Crippen LogP contribution >= 0.6 is 0 Å². The number of amides is 1. The Bertz CT molecular complexity index is 1120. The van der Waals surface area contributed by atoms with Crippen molar-refractivity contribution in [2.75, 3.05) is 0 Å². The molecule has 156 valence electrons. The minimum Gasteiger partial charge on any atom is -0.473 e. The fourth-order valence-corrected chi connectivity index (χ4v) is 2.85. The van der Waals surface area contributed by atoms with Gasteiger partial charge in [-0.2, -0.15) is 4.98 Å². The first-order valence-corrected chi connectivity index (χ1v) is 9.87. The highest BCUT2D eigenvalue weighted by Gasteiger charge is 2.11. The Morgan fingerprint density at radius 2 is 1.94 bits per heavy atom. The maximum atomic E-state index is 12.2. The number of benzene rings is 1. The summed E-state index contributed by atoms with van der Waals surface area (Å²) in [5.74, 6) is 1.28. The molecule has 0 fully saturated rings. The van der Waals surface area contributed by atoms with Gasteiger partial charge < -0.3 is 14.6 Å². The van der Waals surface area contributed by atoms with Crippen LogP contribution in [0.4, 0.5) is 0 Å². The summed E-state index contributed by atoms with van der Waals surface area (Å²) in [6.45, 7) is 0.822. The quantitative estimate of drug-likeness (QED) is 0.447. The lowest BCUT2D eigenvalue weighted by Gasteiger charge is -2.08. The zero-order valence-electron chi connectivity index (χ0n) is 16.8. The molecule has 3 heterocycles. The van der Waals surface area contributed by atoms with Crippen LogP contribution in [0.5, 0.6) is 5.88 Å². The molecule has 0 aliphatic carbocycles. The predicted octanol–water partition coefficient (Wildman–Crippen LogP) is 3.35. The van der Waals surface area contributed by atoms with Crippen molar-refractivity contribution < 1.29 is 14.1 Å². The number of carbonyl (C=O) groups excluding carboxylic acids is 1. The standard InChI is InChI=1S/C23H21N5O3/c29-20(8-9-21-27-23(28-31-21)19-7-4-11-24-15-19)26-14-18-10-12-25-22(13-18)30-16-17-5-2-1-3-6-17/h1-7,10-13,15H,8-9,14,16H2,(H,26,29). The van der Waals surface area contributed by atoms with E-state index in [0.717, 1.165) is 16.7 Å². The zero-order chi connectivity index (χ0) is 21.3. The molecule has 3 aromatic heterocycles. The number of ether oxygens (including phenoxy) is 1. The van der Waals surface area contributed by atoms with Crippen molar-refractivity contribution in [3.05, 3.63) is 90.2 Å². The van der Waals surface area contributed by atoms with E-state index in [-0.39, 0.29) is 12.3 Å². The summed E-state index contributed by atoms with van der Waals surface area (Å²) in [5.41, 5.74) is 2.74. The lowest BCUT2D eigenvalue weighted by Crippen LogP contribution is -2.23. The summed E-state index contributed by atoms with van der Waals surface area (Å²) in [6.07, 6.45) is 5.61. The highest BCUT2D eigenvalue weighted by Crippen LogP contribution is 2.15. The normalized spacial score (nSPS) is 10.6. The summed E-state index contributed by atoms with van der Waals surface area (Å²) in [5, 5.41) is 6.81. The van der Waals surface area contributed by atoms with E-state index < -0.39 is 0 Å². The average molecular weight is 415 g/mol. The van der Waals surface area contributed by atoms with Gasteiger partial charge in [0, 0.05) is 49.6 Å². The van der Waals surface area contributed by atoms with Gasteiger partial charge in [-0.3, -0.25) is 9.78 Å². The Labute approximate surface area is 179 Å². The third-order valence-electron chi connectivity index (χ3n) is 4.47. The van der Waals surface area contributed by atoms with Crippen LogP contribution in [0, 0.1) is 0 Å². The smallest absolute Gasteiger partial charge is 0.227 e. The topological polar surface area (TPSA) is 103 Å². The van der Waals surface area contributed by atoms with E-state index in [1.165, 1.54) is 0 Å². The lowest BCUT2D eigenvalue weighted by molar-refractivity contribution is -0.121. The van der Waals surface area contributed by atoms with Gasteiger partial charge >= 0.3 is 0 Å². The lowest BCUT2D eigenvalue weighted by atomic mass is 10.2. The van der Waals surface area contributed by atoms with E-state index in [4.69, 9.17) is 9.26 Å². The van der Waals surface area contributed by atoms with Crippen LogP contribution in [0.25, 0.3) is 11.4 Å². The van der Waals surface area contributed by atoms with E-state index in [0.29, 0.717) is 37.2 Å². The molecule has 1 amide bonds. The fourth-order valence-electron chi connectivity index (χ4n) is 2.85. The van der Waals surface area contributed by atoms with E-state index in [1.54, 1.807) is 24.7 Å². The SMILES string of the molecule is O=C(CCc1nc(-c2cccnc2)no1)NCc1ccnc(OCc2ccccc2)c1. The molecule has 8 nitrogen and oxygen atoms in total. The molecular weight excluding hydrogens is 394 g/mol. The van der Waals surface area contributed by atoms with Crippen LogP contribution in [-0.2, 0) is 24.4 Å². The highest BCUT2D eigenvalue weighted by molar-refractivity contribution is 5.76. The van der Waals surface area contributed by atoms with Crippen molar-refractivity contribution in [3.8, 4) is 17.3 Å². The predicted molar refractivity (Wildman–Crippen MR) is 113 cm³/mol. The molecule has 31 heavy (non-hydrogen) atoms. The molecule has 4 aromatic rings. The Balaban J connectivity index is 1.23. The molecule has 0 saturated carbocycles. The molecule has 0 bridgehead atoms. The first-order valence-electron chi connectivity index (χ1n) is 9.87. The molecule has 1 aromatic carbocycles. The second-order valence-corrected chi connectivity index (χ2v) is 6.81. The Kier molecular flexibility index (Phi) is 6.59. The van der Waals surface area contributed by atoms with Gasteiger partial charge in [0.1, 0.15) is 6.61 Å². The van der Waals surface area contributed by atoms with Gasteiger partial charge in [0.05, 0.1) is 0 Å². The van der Waals surface area contributed by atoms with E-state index >= 15 is 0 Å². The number of carbonyl (C=O) groups is 1. The molecular formula is C23H21N5O3. The number of nitrogens with zero attached hydrogens (tertiary/aromatic N) is 4. The summed E-state index contributed by atoms with van der Waals surface area (Å²) >= 11 is 0. The summed E-state index contributed by atoms with van der Waals surface area (Å²) in [6, 6.07) is 17.2. The first kappa shape index (κ1) is 20.2. The monoisotopic (exact) mass is 415 g/mol. The Hall–Kier alpha value is -4.07. The number of aryl methyl sites for hydroxylation is 1. The third kappa shape index (κ3) is 5.96. The third-order valence-corrected chi connectivity index (χ3v) is 4.47. The molecule has 0 atom stereocenters. The fraction of sp³-hybridized carbons (Fsp3) is 0.174. The molecule has 0 radical (unpaired) electrons. The maximum Gasteiger partial charge on any atom is 0.227 e. The summed E-state index contributed by atoms with van der Waals surface area (Å²) < 4.78 is 10.9. The summed E-state index contributed by atoms with van der Waals surface area (Å²) in [4.78, 5) is 24.8. The van der Waals surface area contributed by atoms with Crippen molar-refractivity contribution >= 4 is 5.91 Å².